The summed E-state index contributed by atoms with van der Waals surface area (Å²) in [4.78, 5) is 0. The van der Waals surface area contributed by atoms with Crippen LogP contribution >= 0.6 is 0 Å². The lowest BCUT2D eigenvalue weighted by atomic mass is 10.0. The molecule has 0 aromatic carbocycles. The van der Waals surface area contributed by atoms with E-state index in [0.29, 0.717) is 0 Å². The van der Waals surface area contributed by atoms with Crippen molar-refractivity contribution in [2.75, 3.05) is 13.7 Å². The van der Waals surface area contributed by atoms with Gasteiger partial charge in [-0.15, -0.1) is 0 Å². The maximum atomic E-state index is 5.64. The van der Waals surface area contributed by atoms with Gasteiger partial charge in [0.15, 0.2) is 6.29 Å². The highest BCUT2D eigenvalue weighted by molar-refractivity contribution is 4.50. The van der Waals surface area contributed by atoms with E-state index in [1.165, 1.54) is 103 Å². The topological polar surface area (TPSA) is 18.5 Å². The summed E-state index contributed by atoms with van der Waals surface area (Å²) in [7, 11) is 1.72. The van der Waals surface area contributed by atoms with Gasteiger partial charge in [-0.05, 0) is 12.8 Å². The van der Waals surface area contributed by atoms with Crippen LogP contribution in [0.1, 0.15) is 123 Å². The third-order valence-corrected chi connectivity index (χ3v) is 4.90. The van der Waals surface area contributed by atoms with E-state index in [2.05, 4.69) is 13.8 Å². The second-order valence-electron chi connectivity index (χ2n) is 7.25. The lowest BCUT2D eigenvalue weighted by Gasteiger charge is -2.13. The van der Waals surface area contributed by atoms with Gasteiger partial charge < -0.3 is 9.47 Å². The fraction of sp³-hybridized carbons (Fsp3) is 1.00. The van der Waals surface area contributed by atoms with Crippen molar-refractivity contribution in [3.63, 3.8) is 0 Å². The molecule has 1 atom stereocenters. The van der Waals surface area contributed by atoms with Crippen molar-refractivity contribution in [1.29, 1.82) is 0 Å². The zero-order valence-corrected chi connectivity index (χ0v) is 17.1. The van der Waals surface area contributed by atoms with Crippen LogP contribution in [0.15, 0.2) is 0 Å². The molecule has 0 aliphatic carbocycles. The van der Waals surface area contributed by atoms with Crippen LogP contribution in [-0.2, 0) is 9.47 Å². The van der Waals surface area contributed by atoms with Gasteiger partial charge in [0.2, 0.25) is 0 Å². The summed E-state index contributed by atoms with van der Waals surface area (Å²) in [5, 5.41) is 0. The van der Waals surface area contributed by atoms with Crippen molar-refractivity contribution in [3.05, 3.63) is 0 Å². The molecule has 0 heterocycles. The molecule has 2 heteroatoms. The highest BCUT2D eigenvalue weighted by Crippen LogP contribution is 2.13. The summed E-state index contributed by atoms with van der Waals surface area (Å²) >= 11 is 0. The van der Waals surface area contributed by atoms with Crippen LogP contribution in [0.5, 0.6) is 0 Å². The van der Waals surface area contributed by atoms with Gasteiger partial charge in [-0.3, -0.25) is 0 Å². The summed E-state index contributed by atoms with van der Waals surface area (Å²) in [5.74, 6) is 0. The summed E-state index contributed by atoms with van der Waals surface area (Å²) < 4.78 is 10.8. The molecule has 0 radical (unpaired) electrons. The van der Waals surface area contributed by atoms with Gasteiger partial charge in [0.05, 0.1) is 0 Å². The van der Waals surface area contributed by atoms with E-state index in [1.807, 2.05) is 0 Å². The van der Waals surface area contributed by atoms with Crippen LogP contribution in [0.4, 0.5) is 0 Å². The lowest BCUT2D eigenvalue weighted by molar-refractivity contribution is -0.125. The minimum Gasteiger partial charge on any atom is -0.356 e. The van der Waals surface area contributed by atoms with Gasteiger partial charge in [0, 0.05) is 13.7 Å². The molecule has 24 heavy (non-hydrogen) atoms. The highest BCUT2D eigenvalue weighted by Gasteiger charge is 2.02. The molecular weight excluding hydrogens is 296 g/mol. The molecule has 0 rings (SSSR count). The summed E-state index contributed by atoms with van der Waals surface area (Å²) in [5.41, 5.74) is 0. The van der Waals surface area contributed by atoms with Crippen LogP contribution < -0.4 is 0 Å². The van der Waals surface area contributed by atoms with Gasteiger partial charge in [0.25, 0.3) is 0 Å². The van der Waals surface area contributed by atoms with Gasteiger partial charge in [-0.25, -0.2) is 0 Å². The van der Waals surface area contributed by atoms with E-state index >= 15 is 0 Å². The first kappa shape index (κ1) is 23.9. The Morgan fingerprint density at radius 1 is 0.542 bits per heavy atom. The van der Waals surface area contributed by atoms with E-state index in [9.17, 15) is 0 Å². The Labute approximate surface area is 153 Å². The summed E-state index contributed by atoms with van der Waals surface area (Å²) in [6.07, 6.45) is 23.5. The molecule has 0 amide bonds. The third-order valence-electron chi connectivity index (χ3n) is 4.90. The van der Waals surface area contributed by atoms with Crippen LogP contribution in [0, 0.1) is 0 Å². The molecule has 2 nitrogen and oxygen atoms in total. The van der Waals surface area contributed by atoms with Crippen molar-refractivity contribution in [2.45, 2.75) is 129 Å². The minimum atomic E-state index is 0.00124. The Morgan fingerprint density at radius 2 is 0.917 bits per heavy atom. The molecule has 0 saturated heterocycles. The molecule has 146 valence electrons. The molecule has 0 spiro atoms. The van der Waals surface area contributed by atoms with Crippen molar-refractivity contribution >= 4 is 0 Å². The Bertz CT molecular complexity index is 214. The first-order chi connectivity index (χ1) is 11.8. The second-order valence-corrected chi connectivity index (χ2v) is 7.25. The van der Waals surface area contributed by atoms with Crippen LogP contribution in [-0.4, -0.2) is 20.0 Å². The lowest BCUT2D eigenvalue weighted by Crippen LogP contribution is -2.14. The van der Waals surface area contributed by atoms with Gasteiger partial charge in [0.1, 0.15) is 0 Å². The van der Waals surface area contributed by atoms with Crippen molar-refractivity contribution in [3.8, 4) is 0 Å². The van der Waals surface area contributed by atoms with E-state index in [-0.39, 0.29) is 6.29 Å². The molecule has 0 bridgehead atoms. The third kappa shape index (κ3) is 18.3. The van der Waals surface area contributed by atoms with E-state index < -0.39 is 0 Å². The van der Waals surface area contributed by atoms with Crippen LogP contribution in [0.25, 0.3) is 0 Å². The normalized spacial score (nSPS) is 12.6. The monoisotopic (exact) mass is 342 g/mol. The maximum absolute atomic E-state index is 5.64. The second kappa shape index (κ2) is 21.0. The van der Waals surface area contributed by atoms with Crippen LogP contribution in [0.3, 0.4) is 0 Å². The molecule has 0 aliphatic heterocycles. The van der Waals surface area contributed by atoms with E-state index in [4.69, 9.17) is 9.47 Å². The van der Waals surface area contributed by atoms with Crippen LogP contribution in [0.2, 0.25) is 0 Å². The molecular formula is C22H46O2. The fourth-order valence-electron chi connectivity index (χ4n) is 3.22. The fourth-order valence-corrected chi connectivity index (χ4v) is 3.22. The largest absolute Gasteiger partial charge is 0.356 e. The Morgan fingerprint density at radius 3 is 1.25 bits per heavy atom. The Kier molecular flexibility index (Phi) is 20.9. The summed E-state index contributed by atoms with van der Waals surface area (Å²) in [6.45, 7) is 5.24. The zero-order chi connectivity index (χ0) is 17.7. The molecule has 1 unspecified atom stereocenters. The SMILES string of the molecule is CCCCCCCCCCCCCCCCCCOC(CC)OC. The Hall–Kier alpha value is -0.0800. The van der Waals surface area contributed by atoms with Gasteiger partial charge in [-0.2, -0.15) is 0 Å². The maximum Gasteiger partial charge on any atom is 0.156 e. The first-order valence-electron chi connectivity index (χ1n) is 11.0. The number of ether oxygens (including phenoxy) is 2. The zero-order valence-electron chi connectivity index (χ0n) is 17.1. The molecule has 0 N–H and O–H groups in total. The molecule has 0 aliphatic rings. The average Bonchev–Trinajstić information content (AvgIpc) is 2.61. The predicted molar refractivity (Wildman–Crippen MR) is 107 cm³/mol. The standard InChI is InChI=1S/C22H46O2/c1-4-6-7-8-9-10-11-12-13-14-15-16-17-18-19-20-21-24-22(5-2)23-3/h22H,4-21H2,1-3H3. The Balaban J connectivity index is 3.03. The number of methoxy groups -OCH3 is 1. The molecule has 0 fully saturated rings. The predicted octanol–water partition coefficient (Wildman–Crippen LogP) is 7.65. The average molecular weight is 343 g/mol. The van der Waals surface area contributed by atoms with Gasteiger partial charge >= 0.3 is 0 Å². The molecule has 0 aromatic rings. The quantitative estimate of drug-likeness (QED) is 0.167. The minimum absolute atomic E-state index is 0.00124. The van der Waals surface area contributed by atoms with Crippen molar-refractivity contribution < 1.29 is 9.47 Å². The number of unbranched alkanes of at least 4 members (excludes halogenated alkanes) is 15. The van der Waals surface area contributed by atoms with Crippen molar-refractivity contribution in [1.82, 2.24) is 0 Å². The highest BCUT2D eigenvalue weighted by atomic mass is 16.7. The summed E-state index contributed by atoms with van der Waals surface area (Å²) in [6, 6.07) is 0. The number of hydrogen-bond acceptors (Lipinski definition) is 2. The molecule has 0 aromatic heterocycles. The smallest absolute Gasteiger partial charge is 0.156 e. The first-order valence-corrected chi connectivity index (χ1v) is 11.0. The van der Waals surface area contributed by atoms with E-state index in [1.54, 1.807) is 7.11 Å². The van der Waals surface area contributed by atoms with Gasteiger partial charge in [-0.1, -0.05) is 110 Å². The van der Waals surface area contributed by atoms with E-state index in [0.717, 1.165) is 13.0 Å². The molecule has 0 saturated carbocycles. The van der Waals surface area contributed by atoms with Crippen molar-refractivity contribution in [2.24, 2.45) is 0 Å². The number of rotatable bonds is 20. The number of hydrogen-bond donors (Lipinski definition) is 0.